The van der Waals surface area contributed by atoms with E-state index in [1.54, 1.807) is 24.3 Å². The number of hydrogen-bond acceptors (Lipinski definition) is 4. The van der Waals surface area contributed by atoms with Gasteiger partial charge in [-0.3, -0.25) is 9.59 Å². The van der Waals surface area contributed by atoms with Crippen molar-refractivity contribution in [2.75, 3.05) is 5.32 Å². The van der Waals surface area contributed by atoms with Crippen LogP contribution in [-0.2, 0) is 26.2 Å². The summed E-state index contributed by atoms with van der Waals surface area (Å²) in [5, 5.41) is 3.06. The molecule has 0 aliphatic rings. The van der Waals surface area contributed by atoms with Crippen LogP contribution >= 0.6 is 11.6 Å². The smallest absolute Gasteiger partial charge is 0.244 e. The van der Waals surface area contributed by atoms with E-state index < -0.39 is 22.0 Å². The maximum Gasteiger partial charge on any atom is 0.244 e. The molecule has 0 heterocycles. The summed E-state index contributed by atoms with van der Waals surface area (Å²) in [5.74, 6) is -0.871. The molecule has 0 radical (unpaired) electrons. The zero-order valence-corrected chi connectivity index (χ0v) is 18.7. The number of nitrogens with zero attached hydrogens (tertiary/aromatic N) is 1. The molecule has 1 atom stereocenters. The molecule has 0 aliphatic heterocycles. The number of halogens is 1. The van der Waals surface area contributed by atoms with Gasteiger partial charge >= 0.3 is 0 Å². The highest BCUT2D eigenvalue weighted by atomic mass is 35.5. The fourth-order valence-electron chi connectivity index (χ4n) is 3.00. The van der Waals surface area contributed by atoms with E-state index in [9.17, 15) is 18.0 Å². The van der Waals surface area contributed by atoms with Crippen molar-refractivity contribution in [3.8, 4) is 0 Å². The first-order valence-corrected chi connectivity index (χ1v) is 11.3. The quantitative estimate of drug-likeness (QED) is 0.608. The van der Waals surface area contributed by atoms with Crippen molar-refractivity contribution in [1.82, 2.24) is 4.31 Å². The molecule has 0 spiro atoms. The van der Waals surface area contributed by atoms with Gasteiger partial charge in [-0.05, 0) is 54.3 Å². The van der Waals surface area contributed by atoms with Gasteiger partial charge in [0.15, 0.2) is 0 Å². The Kier molecular flexibility index (Phi) is 8.00. The molecule has 1 unspecified atom stereocenters. The van der Waals surface area contributed by atoms with E-state index in [1.165, 1.54) is 31.2 Å². The molecular weight excluding hydrogens is 426 g/mol. The number of nitrogens with two attached hydrogens (primary N) is 1. The molecule has 2 rings (SSSR count). The highest BCUT2D eigenvalue weighted by molar-refractivity contribution is 7.89. The van der Waals surface area contributed by atoms with Crippen LogP contribution in [0.3, 0.4) is 0 Å². The largest absolute Gasteiger partial charge is 0.368 e. The topological polar surface area (TPSA) is 110 Å². The molecule has 9 heteroatoms. The number of carbonyl (C=O) groups is 2. The third-order valence-electron chi connectivity index (χ3n) is 4.40. The van der Waals surface area contributed by atoms with Gasteiger partial charge in [0, 0.05) is 24.2 Å². The zero-order chi connectivity index (χ0) is 22.5. The van der Waals surface area contributed by atoms with E-state index in [1.807, 2.05) is 13.8 Å². The third-order valence-corrected chi connectivity index (χ3v) is 6.52. The van der Waals surface area contributed by atoms with Gasteiger partial charge in [0.2, 0.25) is 21.8 Å². The maximum atomic E-state index is 13.4. The lowest BCUT2D eigenvalue weighted by Crippen LogP contribution is -2.48. The number of nitrogens with one attached hydrogen (secondary N) is 1. The number of rotatable bonds is 9. The number of carbonyl (C=O) groups excluding carboxylic acids is 2. The van der Waals surface area contributed by atoms with Crippen LogP contribution in [0.15, 0.2) is 53.4 Å². The van der Waals surface area contributed by atoms with Crippen LogP contribution in [0.25, 0.3) is 0 Å². The second kappa shape index (κ2) is 10.1. The van der Waals surface area contributed by atoms with Gasteiger partial charge < -0.3 is 11.1 Å². The molecule has 162 valence electrons. The summed E-state index contributed by atoms with van der Waals surface area (Å²) in [6.07, 6.45) is 0.284. The zero-order valence-electron chi connectivity index (χ0n) is 17.1. The molecule has 0 aliphatic carbocycles. The van der Waals surface area contributed by atoms with Crippen LogP contribution in [0, 0.1) is 5.92 Å². The van der Waals surface area contributed by atoms with Gasteiger partial charge in [0.05, 0.1) is 4.90 Å². The lowest BCUT2D eigenvalue weighted by atomic mass is 10.0. The standard InChI is InChI=1S/C21H26ClN3O4S/c1-14(2)12-20(21(23)27)25(30(28,29)19-10-6-17(22)7-11-19)13-16-4-8-18(9-5-16)24-15(3)26/h4-11,14,20H,12-13H2,1-3H3,(H2,23,27)(H,24,26). The van der Waals surface area contributed by atoms with Crippen LogP contribution in [0.4, 0.5) is 5.69 Å². The molecular formula is C21H26ClN3O4S. The Morgan fingerprint density at radius 2 is 1.63 bits per heavy atom. The molecule has 30 heavy (non-hydrogen) atoms. The van der Waals surface area contributed by atoms with Crippen LogP contribution in [0.2, 0.25) is 5.02 Å². The highest BCUT2D eigenvalue weighted by Gasteiger charge is 2.35. The summed E-state index contributed by atoms with van der Waals surface area (Å²) in [6, 6.07) is 11.5. The lowest BCUT2D eigenvalue weighted by Gasteiger charge is -2.30. The predicted molar refractivity (Wildman–Crippen MR) is 117 cm³/mol. The average Bonchev–Trinajstić information content (AvgIpc) is 2.65. The lowest BCUT2D eigenvalue weighted by molar-refractivity contribution is -0.122. The van der Waals surface area contributed by atoms with E-state index >= 15 is 0 Å². The summed E-state index contributed by atoms with van der Waals surface area (Å²) in [5.41, 5.74) is 6.84. The van der Waals surface area contributed by atoms with Crippen molar-refractivity contribution in [3.63, 3.8) is 0 Å². The van der Waals surface area contributed by atoms with Crippen molar-refractivity contribution < 1.29 is 18.0 Å². The van der Waals surface area contributed by atoms with Crippen molar-refractivity contribution in [2.24, 2.45) is 11.7 Å². The summed E-state index contributed by atoms with van der Waals surface area (Å²) in [6.45, 7) is 5.14. The van der Waals surface area contributed by atoms with Crippen molar-refractivity contribution in [3.05, 3.63) is 59.1 Å². The van der Waals surface area contributed by atoms with Crippen LogP contribution in [0.1, 0.15) is 32.8 Å². The Morgan fingerprint density at radius 1 is 1.07 bits per heavy atom. The predicted octanol–water partition coefficient (Wildman–Crippen LogP) is 3.39. The Hall–Kier alpha value is -2.42. The van der Waals surface area contributed by atoms with Gasteiger partial charge in [0.25, 0.3) is 0 Å². The van der Waals surface area contributed by atoms with E-state index in [-0.39, 0.29) is 29.7 Å². The number of anilines is 1. The number of hydrogen-bond donors (Lipinski definition) is 2. The van der Waals surface area contributed by atoms with Crippen LogP contribution in [-0.4, -0.2) is 30.6 Å². The van der Waals surface area contributed by atoms with E-state index in [0.717, 1.165) is 4.31 Å². The molecule has 2 amide bonds. The van der Waals surface area contributed by atoms with Crippen LogP contribution < -0.4 is 11.1 Å². The normalized spacial score (nSPS) is 12.7. The fourth-order valence-corrected chi connectivity index (χ4v) is 4.72. The van der Waals surface area contributed by atoms with E-state index in [4.69, 9.17) is 17.3 Å². The molecule has 0 fully saturated rings. The third kappa shape index (κ3) is 6.29. The Labute approximate surface area is 182 Å². The number of sulfonamides is 1. The van der Waals surface area contributed by atoms with Crippen molar-refractivity contribution in [2.45, 2.75) is 44.7 Å². The summed E-state index contributed by atoms with van der Waals surface area (Å²) < 4.78 is 27.9. The Bertz CT molecular complexity index is 990. The Balaban J connectivity index is 2.46. The molecule has 0 saturated carbocycles. The molecule has 0 bridgehead atoms. The maximum absolute atomic E-state index is 13.4. The average molecular weight is 452 g/mol. The molecule has 0 aromatic heterocycles. The second-order valence-electron chi connectivity index (χ2n) is 7.43. The SMILES string of the molecule is CC(=O)Nc1ccc(CN(C(CC(C)C)C(N)=O)S(=O)(=O)c2ccc(Cl)cc2)cc1. The van der Waals surface area contributed by atoms with Crippen molar-refractivity contribution >= 4 is 39.1 Å². The molecule has 2 aromatic carbocycles. The van der Waals surface area contributed by atoms with E-state index in [2.05, 4.69) is 5.32 Å². The highest BCUT2D eigenvalue weighted by Crippen LogP contribution is 2.26. The van der Waals surface area contributed by atoms with Crippen LogP contribution in [0.5, 0.6) is 0 Å². The number of amides is 2. The Morgan fingerprint density at radius 3 is 2.10 bits per heavy atom. The fraction of sp³-hybridized carbons (Fsp3) is 0.333. The van der Waals surface area contributed by atoms with Gasteiger partial charge in [-0.25, -0.2) is 8.42 Å². The summed E-state index contributed by atoms with van der Waals surface area (Å²) >= 11 is 5.89. The minimum absolute atomic E-state index is 0.0248. The first-order chi connectivity index (χ1) is 14.0. The summed E-state index contributed by atoms with van der Waals surface area (Å²) in [4.78, 5) is 23.4. The van der Waals surface area contributed by atoms with E-state index in [0.29, 0.717) is 16.3 Å². The number of benzene rings is 2. The van der Waals surface area contributed by atoms with Gasteiger partial charge in [-0.2, -0.15) is 4.31 Å². The minimum atomic E-state index is -4.03. The second-order valence-corrected chi connectivity index (χ2v) is 9.76. The number of primary amides is 1. The minimum Gasteiger partial charge on any atom is -0.368 e. The molecule has 7 nitrogen and oxygen atoms in total. The summed E-state index contributed by atoms with van der Waals surface area (Å²) in [7, 11) is -4.03. The molecule has 3 N–H and O–H groups in total. The first-order valence-electron chi connectivity index (χ1n) is 9.44. The monoisotopic (exact) mass is 451 g/mol. The van der Waals surface area contributed by atoms with Gasteiger partial charge in [-0.15, -0.1) is 0 Å². The van der Waals surface area contributed by atoms with Gasteiger partial charge in [-0.1, -0.05) is 37.6 Å². The molecule has 0 saturated heterocycles. The van der Waals surface area contributed by atoms with Gasteiger partial charge in [0.1, 0.15) is 6.04 Å². The van der Waals surface area contributed by atoms with Crippen molar-refractivity contribution in [1.29, 1.82) is 0 Å². The molecule has 2 aromatic rings. The first kappa shape index (κ1) is 23.9.